The molecule has 0 saturated heterocycles. The van der Waals surface area contributed by atoms with E-state index in [-0.39, 0.29) is 11.8 Å². The Morgan fingerprint density at radius 3 is 2.68 bits per heavy atom. The highest BCUT2D eigenvalue weighted by Gasteiger charge is 2.41. The molecule has 1 aromatic carbocycles. The van der Waals surface area contributed by atoms with Crippen LogP contribution in [0.1, 0.15) is 56.8 Å². The number of carbonyl (C=O) groups excluding carboxylic acids is 2. The zero-order chi connectivity index (χ0) is 24.5. The molecular weight excluding hydrogens is 432 g/mol. The van der Waals surface area contributed by atoms with Crippen LogP contribution < -0.4 is 25.2 Å². The molecule has 0 spiro atoms. The van der Waals surface area contributed by atoms with Gasteiger partial charge in [0.25, 0.3) is 5.91 Å². The Bertz CT molecular complexity index is 1080. The number of benzene rings is 1. The average Bonchev–Trinajstić information content (AvgIpc) is 3.34. The fourth-order valence-corrected chi connectivity index (χ4v) is 4.84. The van der Waals surface area contributed by atoms with E-state index in [0.29, 0.717) is 47.8 Å². The smallest absolute Gasteiger partial charge is 0.251 e. The summed E-state index contributed by atoms with van der Waals surface area (Å²) >= 11 is 0. The van der Waals surface area contributed by atoms with Crippen LogP contribution in [0.2, 0.25) is 0 Å². The number of fused-ring (bicyclic) bond motifs is 1. The monoisotopic (exact) mass is 466 g/mol. The second-order valence-corrected chi connectivity index (χ2v) is 9.62. The average molecular weight is 467 g/mol. The molecule has 4 rings (SSSR count). The van der Waals surface area contributed by atoms with Crippen LogP contribution in [0.5, 0.6) is 5.75 Å². The number of methoxy groups -OCH3 is 1. The van der Waals surface area contributed by atoms with Gasteiger partial charge in [0, 0.05) is 31.7 Å². The van der Waals surface area contributed by atoms with Gasteiger partial charge in [-0.05, 0) is 51.8 Å². The lowest BCUT2D eigenvalue weighted by Crippen LogP contribution is -2.45. The van der Waals surface area contributed by atoms with Crippen LogP contribution in [-0.4, -0.2) is 55.1 Å². The highest BCUT2D eigenvalue weighted by molar-refractivity contribution is 6.01. The molecule has 1 saturated carbocycles. The Balaban J connectivity index is 1.70. The second-order valence-electron chi connectivity index (χ2n) is 9.62. The molecular formula is C25H34N6O3. The Morgan fingerprint density at radius 1 is 1.26 bits per heavy atom. The molecule has 0 radical (unpaired) electrons. The molecule has 0 atom stereocenters. The molecule has 2 N–H and O–H groups in total. The maximum atomic E-state index is 13.2. The molecule has 9 nitrogen and oxygen atoms in total. The van der Waals surface area contributed by atoms with Crippen molar-refractivity contribution in [1.29, 1.82) is 0 Å². The summed E-state index contributed by atoms with van der Waals surface area (Å²) in [5.41, 5.74) is 1.35. The number of hydrogen-bond donors (Lipinski definition) is 2. The van der Waals surface area contributed by atoms with Crippen LogP contribution in [0.4, 0.5) is 23.1 Å². The van der Waals surface area contributed by atoms with Crippen molar-refractivity contribution in [2.24, 2.45) is 5.41 Å². The molecule has 182 valence electrons. The van der Waals surface area contributed by atoms with Crippen molar-refractivity contribution in [3.05, 3.63) is 30.0 Å². The predicted molar refractivity (Wildman–Crippen MR) is 133 cm³/mol. The first-order valence-corrected chi connectivity index (χ1v) is 11.9. The molecule has 1 aliphatic heterocycles. The van der Waals surface area contributed by atoms with Gasteiger partial charge in [-0.2, -0.15) is 4.98 Å². The van der Waals surface area contributed by atoms with Gasteiger partial charge in [0.2, 0.25) is 11.9 Å². The van der Waals surface area contributed by atoms with Crippen LogP contribution in [0.25, 0.3) is 0 Å². The first kappa shape index (κ1) is 23.8. The lowest BCUT2D eigenvalue weighted by molar-refractivity contribution is -0.125. The van der Waals surface area contributed by atoms with E-state index < -0.39 is 5.41 Å². The summed E-state index contributed by atoms with van der Waals surface area (Å²) in [6, 6.07) is 5.56. The van der Waals surface area contributed by atoms with E-state index in [0.717, 1.165) is 18.7 Å². The van der Waals surface area contributed by atoms with E-state index in [1.807, 2.05) is 20.8 Å². The van der Waals surface area contributed by atoms with Gasteiger partial charge in [-0.25, -0.2) is 4.98 Å². The Hall–Kier alpha value is -3.36. The molecule has 2 heterocycles. The van der Waals surface area contributed by atoms with Crippen molar-refractivity contribution in [1.82, 2.24) is 15.3 Å². The van der Waals surface area contributed by atoms with E-state index in [1.54, 1.807) is 43.5 Å². The highest BCUT2D eigenvalue weighted by Crippen LogP contribution is 2.40. The number of carbonyl (C=O) groups is 2. The van der Waals surface area contributed by atoms with Crippen molar-refractivity contribution in [2.45, 2.75) is 52.5 Å². The van der Waals surface area contributed by atoms with Gasteiger partial charge < -0.3 is 25.2 Å². The van der Waals surface area contributed by atoms with Crippen molar-refractivity contribution in [2.75, 3.05) is 42.4 Å². The lowest BCUT2D eigenvalue weighted by atomic mass is 9.91. The van der Waals surface area contributed by atoms with Crippen LogP contribution in [0.3, 0.4) is 0 Å². The second kappa shape index (κ2) is 9.48. The minimum absolute atomic E-state index is 0.0566. The maximum Gasteiger partial charge on any atom is 0.251 e. The highest BCUT2D eigenvalue weighted by atomic mass is 16.5. The van der Waals surface area contributed by atoms with Gasteiger partial charge in [0.1, 0.15) is 11.4 Å². The zero-order valence-electron chi connectivity index (χ0n) is 20.6. The third-order valence-corrected chi connectivity index (χ3v) is 6.65. The number of amides is 2. The van der Waals surface area contributed by atoms with Crippen molar-refractivity contribution in [3.63, 3.8) is 0 Å². The molecule has 0 bridgehead atoms. The predicted octanol–water partition coefficient (Wildman–Crippen LogP) is 3.73. The summed E-state index contributed by atoms with van der Waals surface area (Å²) in [7, 11) is 3.35. The zero-order valence-corrected chi connectivity index (χ0v) is 20.6. The summed E-state index contributed by atoms with van der Waals surface area (Å²) in [4.78, 5) is 38.7. The summed E-state index contributed by atoms with van der Waals surface area (Å²) in [6.07, 6.45) is 6.27. The van der Waals surface area contributed by atoms with Gasteiger partial charge >= 0.3 is 0 Å². The first-order chi connectivity index (χ1) is 16.2. The first-order valence-electron chi connectivity index (χ1n) is 11.9. The van der Waals surface area contributed by atoms with Crippen LogP contribution in [0.15, 0.2) is 24.4 Å². The van der Waals surface area contributed by atoms with E-state index in [9.17, 15) is 9.59 Å². The fraction of sp³-hybridized carbons (Fsp3) is 0.520. The molecule has 2 aliphatic rings. The number of ether oxygens (including phenoxy) is 1. The summed E-state index contributed by atoms with van der Waals surface area (Å²) in [5, 5.41) is 6.03. The molecule has 1 aliphatic carbocycles. The Morgan fingerprint density at radius 2 is 2.00 bits per heavy atom. The van der Waals surface area contributed by atoms with E-state index in [1.165, 1.54) is 12.8 Å². The van der Waals surface area contributed by atoms with Crippen LogP contribution in [-0.2, 0) is 4.79 Å². The van der Waals surface area contributed by atoms with E-state index in [2.05, 4.69) is 20.5 Å². The van der Waals surface area contributed by atoms with E-state index >= 15 is 0 Å². The molecule has 1 fully saturated rings. The lowest BCUT2D eigenvalue weighted by Gasteiger charge is -2.34. The fourth-order valence-electron chi connectivity index (χ4n) is 4.84. The third-order valence-electron chi connectivity index (χ3n) is 6.65. The number of nitrogens with one attached hydrogen (secondary N) is 2. The third kappa shape index (κ3) is 4.51. The number of rotatable bonds is 6. The molecule has 0 unspecified atom stereocenters. The number of hydrogen-bond acceptors (Lipinski definition) is 7. The maximum absolute atomic E-state index is 13.2. The van der Waals surface area contributed by atoms with Gasteiger partial charge in [-0.3, -0.25) is 9.59 Å². The van der Waals surface area contributed by atoms with Gasteiger partial charge in [0.05, 0.1) is 24.4 Å². The molecule has 34 heavy (non-hydrogen) atoms. The molecule has 2 amide bonds. The van der Waals surface area contributed by atoms with Crippen molar-refractivity contribution in [3.8, 4) is 5.75 Å². The normalized spacial score (nSPS) is 17.9. The topological polar surface area (TPSA) is 99.7 Å². The SMILES string of the molecule is CCNC(=O)c1ccc(Nc2ncc3c(n2)N(C2CCCC2)CC(C)(C)C(=O)N3C)c(OC)c1. The molecule has 9 heteroatoms. The van der Waals surface area contributed by atoms with Crippen LogP contribution >= 0.6 is 0 Å². The van der Waals surface area contributed by atoms with E-state index in [4.69, 9.17) is 9.72 Å². The van der Waals surface area contributed by atoms with Gasteiger partial charge in [0.15, 0.2) is 5.82 Å². The minimum atomic E-state index is -0.538. The quantitative estimate of drug-likeness (QED) is 0.669. The summed E-state index contributed by atoms with van der Waals surface area (Å²) < 4.78 is 5.52. The molecule has 2 aromatic rings. The van der Waals surface area contributed by atoms with Crippen LogP contribution in [0, 0.1) is 5.41 Å². The minimum Gasteiger partial charge on any atom is -0.495 e. The number of anilines is 4. The summed E-state index contributed by atoms with van der Waals surface area (Å²) in [6.45, 7) is 7.02. The van der Waals surface area contributed by atoms with Crippen molar-refractivity contribution < 1.29 is 14.3 Å². The largest absolute Gasteiger partial charge is 0.495 e. The van der Waals surface area contributed by atoms with Gasteiger partial charge in [-0.1, -0.05) is 12.8 Å². The number of nitrogens with zero attached hydrogens (tertiary/aromatic N) is 4. The van der Waals surface area contributed by atoms with Crippen molar-refractivity contribution >= 4 is 35.0 Å². The van der Waals surface area contributed by atoms with Gasteiger partial charge in [-0.15, -0.1) is 0 Å². The Kier molecular flexibility index (Phi) is 6.63. The summed E-state index contributed by atoms with van der Waals surface area (Å²) in [5.74, 6) is 1.59. The molecule has 1 aromatic heterocycles. The number of aromatic nitrogens is 2. The Labute approximate surface area is 200 Å². The standard InChI is InChI=1S/C25H34N6O3/c1-6-26-22(32)16-11-12-18(20(13-16)34-5)28-24-27-14-19-21(29-24)31(17-9-7-8-10-17)15-25(2,3)23(33)30(19)4/h11-14,17H,6-10,15H2,1-5H3,(H,26,32)(H,27,28,29).